The van der Waals surface area contributed by atoms with Crippen LogP contribution in [0.1, 0.15) is 12.5 Å². The number of nitrogens with zero attached hydrogens (tertiary/aromatic N) is 2. The number of rotatable bonds is 10. The van der Waals surface area contributed by atoms with Gasteiger partial charge in [-0.15, -0.1) is 0 Å². The molecule has 0 heterocycles. The number of hydrogen-bond acceptors (Lipinski definition) is 5. The predicted molar refractivity (Wildman–Crippen MR) is 139 cm³/mol. The average Bonchev–Trinajstić information content (AvgIpc) is 2.90. The Hall–Kier alpha value is -3.56. The molecular formula is C26H28ClN3O5S. The molecular weight excluding hydrogens is 502 g/mol. The minimum absolute atomic E-state index is 0.0227. The van der Waals surface area contributed by atoms with Crippen molar-refractivity contribution in [1.29, 1.82) is 0 Å². The van der Waals surface area contributed by atoms with E-state index in [2.05, 4.69) is 5.32 Å². The van der Waals surface area contributed by atoms with Gasteiger partial charge in [0.25, 0.3) is 10.0 Å². The van der Waals surface area contributed by atoms with Crippen LogP contribution in [0.15, 0.2) is 83.8 Å². The zero-order valence-corrected chi connectivity index (χ0v) is 21.8. The Balaban J connectivity index is 2.03. The van der Waals surface area contributed by atoms with Crippen LogP contribution < -0.4 is 14.4 Å². The molecule has 0 saturated heterocycles. The van der Waals surface area contributed by atoms with Gasteiger partial charge in [0.15, 0.2) is 0 Å². The molecule has 0 saturated carbocycles. The third kappa shape index (κ3) is 6.16. The number of amides is 2. The second kappa shape index (κ2) is 11.9. The fraction of sp³-hybridized carbons (Fsp3) is 0.231. The van der Waals surface area contributed by atoms with Gasteiger partial charge in [-0.25, -0.2) is 8.42 Å². The zero-order chi connectivity index (χ0) is 26.3. The maximum absolute atomic E-state index is 13.7. The maximum atomic E-state index is 13.7. The lowest BCUT2D eigenvalue weighted by atomic mass is 10.1. The van der Waals surface area contributed by atoms with Gasteiger partial charge >= 0.3 is 0 Å². The number of anilines is 1. The number of methoxy groups -OCH3 is 1. The van der Waals surface area contributed by atoms with Crippen molar-refractivity contribution >= 4 is 39.1 Å². The number of halogens is 1. The molecule has 3 rings (SSSR count). The first-order valence-electron chi connectivity index (χ1n) is 11.2. The van der Waals surface area contributed by atoms with Crippen molar-refractivity contribution in [2.24, 2.45) is 0 Å². The van der Waals surface area contributed by atoms with Gasteiger partial charge in [-0.2, -0.15) is 0 Å². The molecule has 0 aliphatic carbocycles. The summed E-state index contributed by atoms with van der Waals surface area (Å²) in [5.41, 5.74) is 0.906. The van der Waals surface area contributed by atoms with Crippen molar-refractivity contribution in [2.75, 3.05) is 25.0 Å². The first-order chi connectivity index (χ1) is 17.2. The number of likely N-dealkylation sites (N-methyl/N-ethyl adjacent to an activating group) is 1. The molecule has 1 atom stereocenters. The van der Waals surface area contributed by atoms with Gasteiger partial charge in [0, 0.05) is 18.6 Å². The zero-order valence-electron chi connectivity index (χ0n) is 20.2. The summed E-state index contributed by atoms with van der Waals surface area (Å²) in [5.74, 6) is -0.422. The molecule has 3 aromatic rings. The number of carbonyl (C=O) groups is 2. The van der Waals surface area contributed by atoms with Crippen molar-refractivity contribution in [1.82, 2.24) is 10.2 Å². The fourth-order valence-electron chi connectivity index (χ4n) is 3.60. The summed E-state index contributed by atoms with van der Waals surface area (Å²) in [6.45, 7) is 1.07. The van der Waals surface area contributed by atoms with E-state index in [9.17, 15) is 18.0 Å². The Labute approximate surface area is 216 Å². The number of hydrogen-bond donors (Lipinski definition) is 1. The molecule has 1 N–H and O–H groups in total. The third-order valence-corrected chi connectivity index (χ3v) is 7.84. The molecule has 0 aliphatic rings. The van der Waals surface area contributed by atoms with Gasteiger partial charge in [0.2, 0.25) is 11.8 Å². The molecule has 0 fully saturated rings. The normalized spacial score (nSPS) is 11.9. The molecule has 8 nitrogen and oxygen atoms in total. The molecule has 0 spiro atoms. The Morgan fingerprint density at radius 1 is 0.972 bits per heavy atom. The van der Waals surface area contributed by atoms with Gasteiger partial charge in [-0.1, -0.05) is 48.0 Å². The summed E-state index contributed by atoms with van der Waals surface area (Å²) in [4.78, 5) is 27.5. The average molecular weight is 530 g/mol. The standard InChI is InChI=1S/C26H28ClN3O5S/c1-19(26(32)28-2)29(17-20-9-7-8-12-24(20)27)25(31)18-30(21-13-15-22(35-3)16-14-21)36(33,34)23-10-5-4-6-11-23/h4-16,19H,17-18H2,1-3H3,(H,28,32). The fourth-order valence-corrected chi connectivity index (χ4v) is 5.23. The predicted octanol–water partition coefficient (Wildman–Crippen LogP) is 3.71. The van der Waals surface area contributed by atoms with E-state index in [4.69, 9.17) is 16.3 Å². The smallest absolute Gasteiger partial charge is 0.264 e. The van der Waals surface area contributed by atoms with Crippen LogP contribution in [0, 0.1) is 0 Å². The van der Waals surface area contributed by atoms with E-state index in [0.717, 1.165) is 4.31 Å². The van der Waals surface area contributed by atoms with E-state index in [1.807, 2.05) is 0 Å². The number of benzene rings is 3. The minimum Gasteiger partial charge on any atom is -0.497 e. The molecule has 2 amide bonds. The quantitative estimate of drug-likeness (QED) is 0.432. The van der Waals surface area contributed by atoms with Crippen LogP contribution in [0.2, 0.25) is 5.02 Å². The number of carbonyl (C=O) groups excluding carboxylic acids is 2. The van der Waals surface area contributed by atoms with E-state index in [1.165, 1.54) is 31.2 Å². The summed E-state index contributed by atoms with van der Waals surface area (Å²) in [5, 5.41) is 2.98. The Morgan fingerprint density at radius 3 is 2.17 bits per heavy atom. The summed E-state index contributed by atoms with van der Waals surface area (Å²) in [6, 6.07) is 20.3. The topological polar surface area (TPSA) is 96.0 Å². The van der Waals surface area contributed by atoms with Crippen LogP contribution in [-0.2, 0) is 26.2 Å². The highest BCUT2D eigenvalue weighted by Crippen LogP contribution is 2.27. The molecule has 0 radical (unpaired) electrons. The van der Waals surface area contributed by atoms with Crippen LogP contribution in [0.25, 0.3) is 0 Å². The van der Waals surface area contributed by atoms with E-state index in [1.54, 1.807) is 73.7 Å². The minimum atomic E-state index is -4.12. The van der Waals surface area contributed by atoms with Gasteiger partial charge in [-0.05, 0) is 55.0 Å². The number of ether oxygens (including phenoxy) is 1. The lowest BCUT2D eigenvalue weighted by Crippen LogP contribution is -2.50. The van der Waals surface area contributed by atoms with Crippen LogP contribution >= 0.6 is 11.6 Å². The lowest BCUT2D eigenvalue weighted by molar-refractivity contribution is -0.139. The van der Waals surface area contributed by atoms with Gasteiger partial charge in [0.05, 0.1) is 17.7 Å². The highest BCUT2D eigenvalue weighted by atomic mass is 35.5. The lowest BCUT2D eigenvalue weighted by Gasteiger charge is -2.32. The maximum Gasteiger partial charge on any atom is 0.264 e. The van der Waals surface area contributed by atoms with Crippen LogP contribution in [-0.4, -0.2) is 51.9 Å². The van der Waals surface area contributed by atoms with Crippen molar-refractivity contribution in [3.63, 3.8) is 0 Å². The number of sulfonamides is 1. The summed E-state index contributed by atoms with van der Waals surface area (Å²) in [6.07, 6.45) is 0. The van der Waals surface area contributed by atoms with E-state index in [0.29, 0.717) is 16.3 Å². The highest BCUT2D eigenvalue weighted by molar-refractivity contribution is 7.92. The van der Waals surface area contributed by atoms with Gasteiger partial charge in [-0.3, -0.25) is 13.9 Å². The van der Waals surface area contributed by atoms with Crippen molar-refractivity contribution in [3.05, 3.63) is 89.4 Å². The molecule has 36 heavy (non-hydrogen) atoms. The molecule has 10 heteroatoms. The Morgan fingerprint density at radius 2 is 1.58 bits per heavy atom. The second-order valence-corrected chi connectivity index (χ2v) is 10.2. The number of nitrogens with one attached hydrogen (secondary N) is 1. The Bertz CT molecular complexity index is 1300. The highest BCUT2D eigenvalue weighted by Gasteiger charge is 2.32. The summed E-state index contributed by atoms with van der Waals surface area (Å²) in [7, 11) is -1.14. The van der Waals surface area contributed by atoms with Crippen LogP contribution in [0.5, 0.6) is 5.75 Å². The first-order valence-corrected chi connectivity index (χ1v) is 13.0. The van der Waals surface area contributed by atoms with Crippen LogP contribution in [0.4, 0.5) is 5.69 Å². The first kappa shape index (κ1) is 27.0. The van der Waals surface area contributed by atoms with E-state index >= 15 is 0 Å². The van der Waals surface area contributed by atoms with Gasteiger partial charge in [0.1, 0.15) is 18.3 Å². The largest absolute Gasteiger partial charge is 0.497 e. The molecule has 1 unspecified atom stereocenters. The SMILES string of the molecule is CNC(=O)C(C)N(Cc1ccccc1Cl)C(=O)CN(c1ccc(OC)cc1)S(=O)(=O)c1ccccc1. The Kier molecular flexibility index (Phi) is 8.95. The van der Waals surface area contributed by atoms with Gasteiger partial charge < -0.3 is 15.0 Å². The molecule has 3 aromatic carbocycles. The van der Waals surface area contributed by atoms with Crippen molar-refractivity contribution < 1.29 is 22.7 Å². The van der Waals surface area contributed by atoms with E-state index in [-0.39, 0.29) is 17.1 Å². The molecule has 0 bridgehead atoms. The van der Waals surface area contributed by atoms with E-state index < -0.39 is 34.4 Å². The summed E-state index contributed by atoms with van der Waals surface area (Å²) < 4.78 is 33.5. The second-order valence-electron chi connectivity index (χ2n) is 7.93. The van der Waals surface area contributed by atoms with Crippen molar-refractivity contribution in [2.45, 2.75) is 24.4 Å². The monoisotopic (exact) mass is 529 g/mol. The third-order valence-electron chi connectivity index (χ3n) is 5.68. The van der Waals surface area contributed by atoms with Crippen LogP contribution in [0.3, 0.4) is 0 Å². The molecule has 0 aliphatic heterocycles. The summed E-state index contributed by atoms with van der Waals surface area (Å²) >= 11 is 6.32. The molecule has 0 aromatic heterocycles. The molecule has 190 valence electrons. The van der Waals surface area contributed by atoms with Crippen molar-refractivity contribution in [3.8, 4) is 5.75 Å².